The van der Waals surface area contributed by atoms with Crippen molar-refractivity contribution in [2.24, 2.45) is 27.7 Å². The molecule has 2 nitrogen and oxygen atoms in total. The van der Waals surface area contributed by atoms with Crippen molar-refractivity contribution in [3.05, 3.63) is 5.92 Å². The molecule has 4 fully saturated rings. The molecule has 4 aliphatic carbocycles. The normalized spacial score (nSPS) is 39.1. The molecule has 5 aliphatic rings. The fraction of sp³-hybridized carbons (Fsp3) is 0.692. The molecule has 16 heavy (non-hydrogen) atoms. The number of aliphatic imine (C=N–C) groups is 2. The summed E-state index contributed by atoms with van der Waals surface area (Å²) in [6, 6.07) is 0. The van der Waals surface area contributed by atoms with Gasteiger partial charge >= 0.3 is 42.2 Å². The van der Waals surface area contributed by atoms with Gasteiger partial charge in [0, 0.05) is 0 Å². The topological polar surface area (TPSA) is 24.7 Å². The Morgan fingerprint density at radius 1 is 0.938 bits per heavy atom. The van der Waals surface area contributed by atoms with E-state index >= 15 is 0 Å². The van der Waals surface area contributed by atoms with Gasteiger partial charge in [0.15, 0.2) is 0 Å². The molecule has 0 N–H and O–H groups in total. The van der Waals surface area contributed by atoms with Gasteiger partial charge in [0.1, 0.15) is 0 Å². The van der Waals surface area contributed by atoms with Gasteiger partial charge in [-0.3, -0.25) is 0 Å². The average Bonchev–Trinajstić information content (AvgIpc) is 2.67. The number of hydrogen-bond acceptors (Lipinski definition) is 2. The summed E-state index contributed by atoms with van der Waals surface area (Å²) < 4.78 is 0.468. The Hall–Kier alpha value is -0.296. The van der Waals surface area contributed by atoms with Gasteiger partial charge in [-0.1, -0.05) is 37.0 Å². The van der Waals surface area contributed by atoms with Gasteiger partial charge in [0.2, 0.25) is 0 Å². The van der Waals surface area contributed by atoms with E-state index in [1.165, 1.54) is 19.3 Å². The monoisotopic (exact) mass is 259 g/mol. The van der Waals surface area contributed by atoms with E-state index in [9.17, 15) is 0 Å². The van der Waals surface area contributed by atoms with Gasteiger partial charge in [0.05, 0.1) is 0 Å². The predicted molar refractivity (Wildman–Crippen MR) is 63.4 cm³/mol. The van der Waals surface area contributed by atoms with Crippen molar-refractivity contribution in [2.45, 2.75) is 38.5 Å². The second-order valence-electron chi connectivity index (χ2n) is 5.47. The first-order valence-electron chi connectivity index (χ1n) is 6.19. The van der Waals surface area contributed by atoms with E-state index in [1.807, 2.05) is 5.92 Å². The van der Waals surface area contributed by atoms with Gasteiger partial charge in [-0.2, -0.15) is 19.3 Å². The molecule has 1 aliphatic heterocycles. The number of hydrogen-bond donors (Lipinski definition) is 0. The average molecular weight is 260 g/mol. The molecule has 0 aromatic heterocycles. The Morgan fingerprint density at radius 3 is 1.62 bits per heavy atom. The third kappa shape index (κ3) is 2.35. The fourth-order valence-corrected chi connectivity index (χ4v) is 4.04. The maximum absolute atomic E-state index is 4.26. The van der Waals surface area contributed by atoms with Crippen molar-refractivity contribution in [3.63, 3.8) is 0 Å². The van der Waals surface area contributed by atoms with Crippen LogP contribution in [0.4, 0.5) is 0 Å². The molecule has 0 radical (unpaired) electrons. The molecule has 0 saturated heterocycles. The fourth-order valence-electron chi connectivity index (χ4n) is 3.89. The van der Waals surface area contributed by atoms with Crippen molar-refractivity contribution in [1.82, 2.24) is 0 Å². The van der Waals surface area contributed by atoms with Crippen LogP contribution in [0.1, 0.15) is 38.5 Å². The Labute approximate surface area is 105 Å². The Kier molecular flexibility index (Phi) is 3.06. The van der Waals surface area contributed by atoms with Crippen LogP contribution in [0.2, 0.25) is 0 Å². The molecule has 0 spiro atoms. The van der Waals surface area contributed by atoms with Crippen LogP contribution in [-0.2, 0) is 15.0 Å². The van der Waals surface area contributed by atoms with Crippen LogP contribution in [-0.4, -0.2) is 17.2 Å². The minimum atomic E-state index is 0.468. The van der Waals surface area contributed by atoms with Gasteiger partial charge < -0.3 is 5.92 Å². The second-order valence-corrected chi connectivity index (χ2v) is 5.91. The molecule has 90 valence electrons. The number of nitrogens with zero attached hydrogens (tertiary/aromatic N) is 2. The van der Waals surface area contributed by atoms with E-state index in [-0.39, 0.29) is 0 Å². The van der Waals surface area contributed by atoms with Crippen molar-refractivity contribution in [1.29, 1.82) is 0 Å². The second kappa shape index (κ2) is 4.52. The summed E-state index contributed by atoms with van der Waals surface area (Å²) in [5.41, 5.74) is 0. The van der Waals surface area contributed by atoms with Gasteiger partial charge in [-0.05, 0) is 0 Å². The van der Waals surface area contributed by atoms with E-state index in [0.717, 1.165) is 17.8 Å². The predicted octanol–water partition coefficient (Wildman–Crippen LogP) is 2.57. The van der Waals surface area contributed by atoms with Crippen LogP contribution < -0.4 is 0 Å². The summed E-state index contributed by atoms with van der Waals surface area (Å²) >= 11 is 4.26. The van der Waals surface area contributed by atoms with Crippen LogP contribution in [0.5, 0.6) is 0 Å². The molecule has 5 rings (SSSR count). The quantitative estimate of drug-likeness (QED) is 0.472. The summed E-state index contributed by atoms with van der Waals surface area (Å²) in [7, 11) is 0. The molecule has 4 saturated carbocycles. The van der Waals surface area contributed by atoms with Crippen LogP contribution in [0.25, 0.3) is 0 Å². The Bertz CT molecular complexity index is 275. The van der Waals surface area contributed by atoms with E-state index in [1.54, 1.807) is 31.7 Å². The minimum absolute atomic E-state index is 0.468. The Morgan fingerprint density at radius 2 is 1.38 bits per heavy atom. The van der Waals surface area contributed by atoms with Crippen LogP contribution in [0.15, 0.2) is 9.98 Å². The van der Waals surface area contributed by atoms with Crippen molar-refractivity contribution < 1.29 is 15.0 Å². The summed E-state index contributed by atoms with van der Waals surface area (Å²) in [4.78, 5) is 7.28. The van der Waals surface area contributed by atoms with Crippen molar-refractivity contribution in [2.75, 3.05) is 0 Å². The van der Waals surface area contributed by atoms with Crippen LogP contribution >= 0.6 is 0 Å². The zero-order chi connectivity index (χ0) is 11.0. The first-order valence-corrected chi connectivity index (χ1v) is 6.68. The zero-order valence-electron chi connectivity index (χ0n) is 9.34. The first kappa shape index (κ1) is 10.8. The summed E-state index contributed by atoms with van der Waals surface area (Å²) in [5.74, 6) is 5.35. The SMILES string of the molecule is C1[C-]2CC3CC1CC(C2)C3.[Ni]=[C]1N=CC=N1. The van der Waals surface area contributed by atoms with E-state index in [4.69, 9.17) is 0 Å². The molecular formula is C13H17N2Ni-. The van der Waals surface area contributed by atoms with Crippen molar-refractivity contribution in [3.8, 4) is 0 Å². The molecule has 3 heteroatoms. The molecular weight excluding hydrogens is 243 g/mol. The third-order valence-electron chi connectivity index (χ3n) is 4.14. The van der Waals surface area contributed by atoms with Gasteiger partial charge in [-0.15, -0.1) is 0 Å². The molecule has 0 aromatic carbocycles. The molecule has 4 bridgehead atoms. The summed E-state index contributed by atoms with van der Waals surface area (Å²) in [6.07, 6.45) is 12.5. The van der Waals surface area contributed by atoms with Gasteiger partial charge in [0.25, 0.3) is 0 Å². The zero-order valence-corrected chi connectivity index (χ0v) is 10.3. The summed E-state index contributed by atoms with van der Waals surface area (Å²) in [6.45, 7) is 0. The van der Waals surface area contributed by atoms with Crippen LogP contribution in [0, 0.1) is 23.7 Å². The van der Waals surface area contributed by atoms with Crippen LogP contribution in [0.3, 0.4) is 0 Å². The molecule has 0 aromatic rings. The molecule has 0 amide bonds. The summed E-state index contributed by atoms with van der Waals surface area (Å²) in [5, 5.41) is 0. The molecule has 0 unspecified atom stereocenters. The van der Waals surface area contributed by atoms with Gasteiger partial charge in [-0.25, -0.2) is 0 Å². The van der Waals surface area contributed by atoms with E-state index in [0.29, 0.717) is 4.74 Å². The third-order valence-corrected chi connectivity index (χ3v) is 4.40. The standard InChI is InChI=1S/C10H15.C3H2N2.Ni/c1-7-2-9-4-8(1)5-10(3-7)6-9;1-2-5-3-4-1;/h7-9H,1-6H2;1-2H;/q-1;;. The first-order chi connectivity index (χ1) is 7.79. The maximum atomic E-state index is 4.26. The van der Waals surface area contributed by atoms with E-state index in [2.05, 4.69) is 25.0 Å². The molecule has 0 atom stereocenters. The number of rotatable bonds is 0. The molecule has 1 heterocycles. The van der Waals surface area contributed by atoms with E-state index < -0.39 is 0 Å². The van der Waals surface area contributed by atoms with Crippen molar-refractivity contribution >= 4 is 17.2 Å². The Balaban J connectivity index is 0.000000117.